The quantitative estimate of drug-likeness (QED) is 0.267. The van der Waals surface area contributed by atoms with Crippen LogP contribution in [-0.2, 0) is 34.1 Å². The Morgan fingerprint density at radius 2 is 1.78 bits per heavy atom. The van der Waals surface area contributed by atoms with Gasteiger partial charge in [-0.05, 0) is 53.3 Å². The summed E-state index contributed by atoms with van der Waals surface area (Å²) in [5.74, 6) is 0.197. The van der Waals surface area contributed by atoms with E-state index < -0.39 is 9.84 Å². The normalized spacial score (nSPS) is 15.3. The van der Waals surface area contributed by atoms with Gasteiger partial charge >= 0.3 is 0 Å². The summed E-state index contributed by atoms with van der Waals surface area (Å²) in [6, 6.07) is 16.9. The third-order valence-electron chi connectivity index (χ3n) is 7.41. The standard InChI is InChI=1S/C31H34N4O4S2/c1-5-41(38,39)25-12-8-21(9-13-25)15-27(36)33-31-34-28-26(40-31)18-35(29(28)19(2)3)17-22-6-10-23(11-7-22)24-14-20(4)30(37)32-16-24/h6-14,16,19,29H,5,15,17-18H2,1-4H3,(H,32,37)(H,33,34,36)/t29-/m0/s1. The van der Waals surface area contributed by atoms with Gasteiger partial charge in [-0.2, -0.15) is 0 Å². The molecule has 2 aromatic carbocycles. The molecule has 0 radical (unpaired) electrons. The number of rotatable bonds is 9. The lowest BCUT2D eigenvalue weighted by atomic mass is 10.0. The molecule has 0 saturated carbocycles. The molecule has 0 spiro atoms. The van der Waals surface area contributed by atoms with Gasteiger partial charge in [0, 0.05) is 29.7 Å². The summed E-state index contributed by atoms with van der Waals surface area (Å²) in [5.41, 5.74) is 5.62. The van der Waals surface area contributed by atoms with Crippen molar-refractivity contribution in [2.24, 2.45) is 5.92 Å². The number of aryl methyl sites for hydroxylation is 1. The Hall–Kier alpha value is -3.60. The van der Waals surface area contributed by atoms with Crippen molar-refractivity contribution in [3.8, 4) is 11.1 Å². The van der Waals surface area contributed by atoms with Gasteiger partial charge in [-0.25, -0.2) is 13.4 Å². The van der Waals surface area contributed by atoms with E-state index in [0.29, 0.717) is 16.6 Å². The molecule has 0 saturated heterocycles. The minimum Gasteiger partial charge on any atom is -0.328 e. The van der Waals surface area contributed by atoms with E-state index in [1.807, 2.05) is 13.0 Å². The van der Waals surface area contributed by atoms with Gasteiger partial charge in [-0.3, -0.25) is 14.5 Å². The minimum atomic E-state index is -3.27. The Morgan fingerprint density at radius 1 is 1.10 bits per heavy atom. The van der Waals surface area contributed by atoms with Gasteiger partial charge in [0.05, 0.1) is 28.8 Å². The average Bonchev–Trinajstić information content (AvgIpc) is 3.47. The number of thiazole rings is 1. The Labute approximate surface area is 244 Å². The predicted molar refractivity (Wildman–Crippen MR) is 163 cm³/mol. The van der Waals surface area contributed by atoms with Crippen molar-refractivity contribution in [3.63, 3.8) is 0 Å². The Kier molecular flexibility index (Phi) is 8.26. The Balaban J connectivity index is 1.23. The molecule has 5 rings (SSSR count). The lowest BCUT2D eigenvalue weighted by Gasteiger charge is -2.27. The molecule has 1 aliphatic heterocycles. The van der Waals surface area contributed by atoms with Crippen LogP contribution in [0.4, 0.5) is 5.13 Å². The lowest BCUT2D eigenvalue weighted by molar-refractivity contribution is -0.115. The van der Waals surface area contributed by atoms with E-state index in [4.69, 9.17) is 4.98 Å². The molecule has 1 aliphatic rings. The van der Waals surface area contributed by atoms with Gasteiger partial charge in [0.1, 0.15) is 0 Å². The maximum absolute atomic E-state index is 12.7. The molecule has 4 aromatic rings. The van der Waals surface area contributed by atoms with E-state index >= 15 is 0 Å². The van der Waals surface area contributed by atoms with Crippen LogP contribution >= 0.6 is 11.3 Å². The molecule has 0 bridgehead atoms. The second-order valence-electron chi connectivity index (χ2n) is 10.8. The van der Waals surface area contributed by atoms with Crippen LogP contribution in [0.2, 0.25) is 0 Å². The Morgan fingerprint density at radius 3 is 2.41 bits per heavy atom. The smallest absolute Gasteiger partial charge is 0.250 e. The topological polar surface area (TPSA) is 112 Å². The first-order valence-corrected chi connectivity index (χ1v) is 16.1. The molecule has 10 heteroatoms. The van der Waals surface area contributed by atoms with E-state index in [9.17, 15) is 18.0 Å². The molecule has 0 unspecified atom stereocenters. The molecule has 0 aliphatic carbocycles. The highest BCUT2D eigenvalue weighted by Gasteiger charge is 2.36. The second-order valence-corrected chi connectivity index (χ2v) is 14.2. The second kappa shape index (κ2) is 11.7. The summed E-state index contributed by atoms with van der Waals surface area (Å²) in [5, 5.41) is 3.53. The number of nitrogens with one attached hydrogen (secondary N) is 2. The maximum Gasteiger partial charge on any atom is 0.250 e. The fraction of sp³-hybridized carbons (Fsp3) is 0.323. The summed E-state index contributed by atoms with van der Waals surface area (Å²) < 4.78 is 24.1. The molecular weight excluding hydrogens is 556 g/mol. The fourth-order valence-corrected chi connectivity index (χ4v) is 7.17. The molecule has 1 amide bonds. The van der Waals surface area contributed by atoms with Crippen LogP contribution in [0.3, 0.4) is 0 Å². The third-order valence-corrected chi connectivity index (χ3v) is 10.1. The van der Waals surface area contributed by atoms with Gasteiger partial charge < -0.3 is 10.3 Å². The third kappa shape index (κ3) is 6.34. The number of sulfone groups is 1. The van der Waals surface area contributed by atoms with Crippen LogP contribution in [-0.4, -0.2) is 34.9 Å². The van der Waals surface area contributed by atoms with Crippen LogP contribution < -0.4 is 10.9 Å². The van der Waals surface area contributed by atoms with Gasteiger partial charge in [0.2, 0.25) is 5.91 Å². The molecule has 2 aromatic heterocycles. The van der Waals surface area contributed by atoms with Gasteiger partial charge in [0.15, 0.2) is 15.0 Å². The molecule has 8 nitrogen and oxygen atoms in total. The maximum atomic E-state index is 12.7. The van der Waals surface area contributed by atoms with E-state index in [-0.39, 0.29) is 34.6 Å². The first-order valence-electron chi connectivity index (χ1n) is 13.7. The average molecular weight is 591 g/mol. The van der Waals surface area contributed by atoms with Crippen molar-refractivity contribution in [1.29, 1.82) is 0 Å². The molecule has 41 heavy (non-hydrogen) atoms. The number of nitrogens with zero attached hydrogens (tertiary/aromatic N) is 2. The number of aromatic nitrogens is 2. The van der Waals surface area contributed by atoms with E-state index in [0.717, 1.165) is 40.4 Å². The fourth-order valence-electron chi connectivity index (χ4n) is 5.24. The first kappa shape index (κ1) is 28.9. The van der Waals surface area contributed by atoms with Crippen LogP contribution in [0.1, 0.15) is 54.1 Å². The van der Waals surface area contributed by atoms with Crippen LogP contribution in [0.15, 0.2) is 70.5 Å². The Bertz CT molecular complexity index is 1720. The molecule has 0 fully saturated rings. The number of pyridine rings is 1. The number of H-pyrrole nitrogens is 1. The summed E-state index contributed by atoms with van der Waals surface area (Å²) in [6.45, 7) is 9.34. The van der Waals surface area contributed by atoms with Crippen molar-refractivity contribution < 1.29 is 13.2 Å². The van der Waals surface area contributed by atoms with Gasteiger partial charge in [0.25, 0.3) is 5.56 Å². The molecular formula is C31H34N4O4S2. The first-order chi connectivity index (χ1) is 19.5. The summed E-state index contributed by atoms with van der Waals surface area (Å²) >= 11 is 1.51. The zero-order chi connectivity index (χ0) is 29.3. The number of carbonyl (C=O) groups is 1. The van der Waals surface area contributed by atoms with E-state index in [1.54, 1.807) is 37.4 Å². The number of carbonyl (C=O) groups excluding carboxylic acids is 1. The number of amides is 1. The highest BCUT2D eigenvalue weighted by molar-refractivity contribution is 7.91. The van der Waals surface area contributed by atoms with Gasteiger partial charge in [-0.15, -0.1) is 11.3 Å². The number of anilines is 1. The number of fused-ring (bicyclic) bond motifs is 1. The number of benzene rings is 2. The lowest BCUT2D eigenvalue weighted by Crippen LogP contribution is -2.26. The minimum absolute atomic E-state index is 0.0423. The number of hydrogen-bond donors (Lipinski definition) is 2. The van der Waals surface area contributed by atoms with Crippen molar-refractivity contribution in [2.75, 3.05) is 11.1 Å². The van der Waals surface area contributed by atoms with Crippen LogP contribution in [0, 0.1) is 12.8 Å². The SMILES string of the molecule is CCS(=O)(=O)c1ccc(CC(=O)Nc2nc3c(s2)CN(Cc2ccc(-c4c[nH]c(=O)c(C)c4)cc2)[C@H]3C(C)C)cc1. The highest BCUT2D eigenvalue weighted by Crippen LogP contribution is 2.43. The summed E-state index contributed by atoms with van der Waals surface area (Å²) in [4.78, 5) is 35.9. The van der Waals surface area contributed by atoms with Gasteiger partial charge in [-0.1, -0.05) is 57.2 Å². The van der Waals surface area contributed by atoms with E-state index in [2.05, 4.69) is 53.3 Å². The predicted octanol–water partition coefficient (Wildman–Crippen LogP) is 5.49. The van der Waals surface area contributed by atoms with E-state index in [1.165, 1.54) is 16.9 Å². The molecule has 1 atom stereocenters. The largest absolute Gasteiger partial charge is 0.328 e. The van der Waals surface area contributed by atoms with Crippen molar-refractivity contribution in [2.45, 2.75) is 58.1 Å². The number of aromatic amines is 1. The summed E-state index contributed by atoms with van der Waals surface area (Å²) in [6.07, 6.45) is 1.89. The highest BCUT2D eigenvalue weighted by atomic mass is 32.2. The van der Waals surface area contributed by atoms with Crippen molar-refractivity contribution in [1.82, 2.24) is 14.9 Å². The van der Waals surface area contributed by atoms with Crippen molar-refractivity contribution >= 4 is 32.2 Å². The van der Waals surface area contributed by atoms with Crippen molar-refractivity contribution in [3.05, 3.63) is 98.4 Å². The number of hydrogen-bond acceptors (Lipinski definition) is 7. The van der Waals surface area contributed by atoms with Crippen LogP contribution in [0.25, 0.3) is 11.1 Å². The van der Waals surface area contributed by atoms with Crippen LogP contribution in [0.5, 0.6) is 0 Å². The monoisotopic (exact) mass is 590 g/mol. The molecule has 214 valence electrons. The molecule has 2 N–H and O–H groups in total. The summed E-state index contributed by atoms with van der Waals surface area (Å²) in [7, 11) is -3.27. The zero-order valence-corrected chi connectivity index (χ0v) is 25.2. The zero-order valence-electron chi connectivity index (χ0n) is 23.6. The molecule has 3 heterocycles.